The SMILES string of the molecule is CC(=O)/C=N/NC(C)=O.CNC(=O)c1ccc(NCC(C)=O)cc1.CO/N=C/C(C)=O. The van der Waals surface area contributed by atoms with E-state index < -0.39 is 0 Å². The molecule has 0 bridgehead atoms. The highest BCUT2D eigenvalue weighted by Crippen LogP contribution is 2.08. The first-order valence-corrected chi connectivity index (χ1v) is 8.96. The van der Waals surface area contributed by atoms with Crippen LogP contribution in [0.15, 0.2) is 34.5 Å². The molecule has 3 N–H and O–H groups in total. The number of carbonyl (C=O) groups excluding carboxylic acids is 5. The van der Waals surface area contributed by atoms with Crippen molar-refractivity contribution in [3.05, 3.63) is 29.8 Å². The van der Waals surface area contributed by atoms with Crippen LogP contribution >= 0.6 is 0 Å². The van der Waals surface area contributed by atoms with E-state index in [9.17, 15) is 24.0 Å². The first kappa shape index (κ1) is 29.3. The molecular weight excluding hydrogens is 406 g/mol. The van der Waals surface area contributed by atoms with Crippen LogP contribution in [-0.4, -0.2) is 62.3 Å². The fraction of sp³-hybridized carbons (Fsp3) is 0.350. The Kier molecular flexibility index (Phi) is 17.2. The van der Waals surface area contributed by atoms with Crippen LogP contribution in [0.4, 0.5) is 5.69 Å². The molecule has 0 aromatic heterocycles. The van der Waals surface area contributed by atoms with Crippen molar-refractivity contribution in [1.82, 2.24) is 10.7 Å². The molecule has 0 aliphatic heterocycles. The summed E-state index contributed by atoms with van der Waals surface area (Å²) in [6.45, 7) is 5.90. The number of amides is 2. The van der Waals surface area contributed by atoms with Crippen molar-refractivity contribution < 1.29 is 28.8 Å². The van der Waals surface area contributed by atoms with Crippen LogP contribution in [0.3, 0.4) is 0 Å². The molecule has 1 aromatic carbocycles. The Balaban J connectivity index is 0. The fourth-order valence-corrected chi connectivity index (χ4v) is 1.45. The number of nitrogens with zero attached hydrogens (tertiary/aromatic N) is 2. The van der Waals surface area contributed by atoms with Crippen molar-refractivity contribution in [2.24, 2.45) is 10.3 Å². The Morgan fingerprint density at radius 3 is 1.84 bits per heavy atom. The van der Waals surface area contributed by atoms with E-state index in [1.807, 2.05) is 0 Å². The summed E-state index contributed by atoms with van der Waals surface area (Å²) >= 11 is 0. The molecule has 11 heteroatoms. The molecule has 2 amide bonds. The van der Waals surface area contributed by atoms with Gasteiger partial charge in [-0.15, -0.1) is 0 Å². The van der Waals surface area contributed by atoms with Gasteiger partial charge in [-0.1, -0.05) is 5.16 Å². The fourth-order valence-electron chi connectivity index (χ4n) is 1.45. The second-order valence-corrected chi connectivity index (χ2v) is 5.78. The summed E-state index contributed by atoms with van der Waals surface area (Å²) in [6, 6.07) is 6.96. The van der Waals surface area contributed by atoms with Crippen molar-refractivity contribution in [2.45, 2.75) is 27.7 Å². The largest absolute Gasteiger partial charge is 0.399 e. The number of nitrogens with one attached hydrogen (secondary N) is 3. The lowest BCUT2D eigenvalue weighted by Crippen LogP contribution is -2.17. The number of Topliss-reactive ketones (excluding diaryl/α,β-unsaturated/α-hetero) is 3. The first-order chi connectivity index (χ1) is 14.5. The van der Waals surface area contributed by atoms with E-state index in [0.29, 0.717) is 12.1 Å². The molecule has 0 radical (unpaired) electrons. The predicted octanol–water partition coefficient (Wildman–Crippen LogP) is 0.952. The Morgan fingerprint density at radius 2 is 1.48 bits per heavy atom. The zero-order chi connectivity index (χ0) is 24.2. The van der Waals surface area contributed by atoms with Gasteiger partial charge in [0.2, 0.25) is 5.91 Å². The van der Waals surface area contributed by atoms with E-state index in [0.717, 1.165) is 18.1 Å². The summed E-state index contributed by atoms with van der Waals surface area (Å²) in [5.74, 6) is -0.628. The zero-order valence-corrected chi connectivity index (χ0v) is 18.5. The van der Waals surface area contributed by atoms with E-state index in [4.69, 9.17) is 0 Å². The lowest BCUT2D eigenvalue weighted by atomic mass is 10.2. The second-order valence-electron chi connectivity index (χ2n) is 5.78. The number of hydrogen-bond donors (Lipinski definition) is 3. The van der Waals surface area contributed by atoms with Gasteiger partial charge in [0.1, 0.15) is 19.1 Å². The molecule has 0 unspecified atom stereocenters. The highest BCUT2D eigenvalue weighted by molar-refractivity contribution is 6.26. The molecule has 0 fully saturated rings. The molecule has 1 aromatic rings. The Hall–Kier alpha value is -3.89. The van der Waals surface area contributed by atoms with Crippen molar-refractivity contribution in [3.63, 3.8) is 0 Å². The maximum Gasteiger partial charge on any atom is 0.251 e. The smallest absolute Gasteiger partial charge is 0.251 e. The summed E-state index contributed by atoms with van der Waals surface area (Å²) in [4.78, 5) is 56.3. The van der Waals surface area contributed by atoms with Gasteiger partial charge in [-0.2, -0.15) is 5.10 Å². The predicted molar refractivity (Wildman–Crippen MR) is 118 cm³/mol. The van der Waals surface area contributed by atoms with Gasteiger partial charge in [-0.3, -0.25) is 24.0 Å². The Morgan fingerprint density at radius 1 is 0.935 bits per heavy atom. The Bertz CT molecular complexity index is 788. The van der Waals surface area contributed by atoms with Crippen LogP contribution in [0.2, 0.25) is 0 Å². The molecule has 0 atom stereocenters. The summed E-state index contributed by atoms with van der Waals surface area (Å²) < 4.78 is 0. The minimum absolute atomic E-state index is 0.0744. The second kappa shape index (κ2) is 18.2. The number of rotatable bonds is 8. The lowest BCUT2D eigenvalue weighted by Gasteiger charge is -2.04. The number of hydrazone groups is 1. The number of carbonyl (C=O) groups is 5. The van der Waals surface area contributed by atoms with Crippen LogP contribution in [0, 0.1) is 0 Å². The molecule has 170 valence electrons. The van der Waals surface area contributed by atoms with Gasteiger partial charge in [0, 0.05) is 39.1 Å². The molecule has 0 saturated carbocycles. The van der Waals surface area contributed by atoms with E-state index in [1.54, 1.807) is 31.3 Å². The first-order valence-electron chi connectivity index (χ1n) is 8.96. The molecule has 11 nitrogen and oxygen atoms in total. The third kappa shape index (κ3) is 20.7. The van der Waals surface area contributed by atoms with Crippen molar-refractivity contribution in [2.75, 3.05) is 26.0 Å². The lowest BCUT2D eigenvalue weighted by molar-refractivity contribution is -0.119. The summed E-state index contributed by atoms with van der Waals surface area (Å²) in [5.41, 5.74) is 3.52. The van der Waals surface area contributed by atoms with E-state index in [2.05, 4.69) is 31.2 Å². The number of oxime groups is 1. The van der Waals surface area contributed by atoms with Crippen LogP contribution < -0.4 is 16.1 Å². The number of ketones is 3. The molecule has 0 saturated heterocycles. The van der Waals surface area contributed by atoms with Crippen LogP contribution in [0.25, 0.3) is 0 Å². The molecule has 0 aliphatic rings. The maximum atomic E-state index is 11.2. The van der Waals surface area contributed by atoms with Gasteiger partial charge >= 0.3 is 0 Å². The average molecular weight is 435 g/mol. The minimum atomic E-state index is -0.285. The van der Waals surface area contributed by atoms with Crippen molar-refractivity contribution in [3.8, 4) is 0 Å². The molecular formula is C20H29N5O6. The molecule has 0 heterocycles. The normalized spacial score (nSPS) is 9.48. The highest BCUT2D eigenvalue weighted by Gasteiger charge is 2.01. The van der Waals surface area contributed by atoms with Gasteiger partial charge in [0.05, 0.1) is 12.8 Å². The summed E-state index contributed by atoms with van der Waals surface area (Å²) in [6.07, 6.45) is 2.15. The average Bonchev–Trinajstić information content (AvgIpc) is 2.71. The monoisotopic (exact) mass is 435 g/mol. The highest BCUT2D eigenvalue weighted by atomic mass is 16.6. The van der Waals surface area contributed by atoms with Crippen LogP contribution in [-0.2, 0) is 24.0 Å². The van der Waals surface area contributed by atoms with Crippen molar-refractivity contribution in [1.29, 1.82) is 0 Å². The van der Waals surface area contributed by atoms with Crippen LogP contribution in [0.1, 0.15) is 38.1 Å². The third-order valence-corrected chi connectivity index (χ3v) is 2.72. The summed E-state index contributed by atoms with van der Waals surface area (Å²) in [5, 5.41) is 12.0. The number of benzene rings is 1. The standard InChI is InChI=1S/C11H14N2O2.C5H8N2O2.C4H7NO2/c1-8(14)7-13-10-5-3-9(4-6-10)11(15)12-2;1-4(8)3-6-7-5(2)9;1-4(6)3-5-7-2/h3-6,13H,7H2,1-2H3,(H,12,15);3H,1-2H3,(H,7,9);3H,1-2H3/b;6-3+;5-3+. The van der Waals surface area contributed by atoms with Gasteiger partial charge in [0.15, 0.2) is 11.6 Å². The van der Waals surface area contributed by atoms with Gasteiger partial charge in [-0.05, 0) is 31.2 Å². The zero-order valence-electron chi connectivity index (χ0n) is 18.5. The van der Waals surface area contributed by atoms with Gasteiger partial charge < -0.3 is 15.5 Å². The van der Waals surface area contributed by atoms with E-state index >= 15 is 0 Å². The molecule has 1 rings (SSSR count). The van der Waals surface area contributed by atoms with E-state index in [-0.39, 0.29) is 29.2 Å². The van der Waals surface area contributed by atoms with Crippen molar-refractivity contribution >= 4 is 47.3 Å². The quantitative estimate of drug-likeness (QED) is 0.405. The van der Waals surface area contributed by atoms with Gasteiger partial charge in [-0.25, -0.2) is 5.43 Å². The molecule has 0 spiro atoms. The molecule has 31 heavy (non-hydrogen) atoms. The topological polar surface area (TPSA) is 155 Å². The molecule has 0 aliphatic carbocycles. The third-order valence-electron chi connectivity index (χ3n) is 2.72. The number of hydrogen-bond acceptors (Lipinski definition) is 9. The van der Waals surface area contributed by atoms with E-state index in [1.165, 1.54) is 34.8 Å². The Labute approximate surface area is 181 Å². The summed E-state index contributed by atoms with van der Waals surface area (Å²) in [7, 11) is 2.98. The number of anilines is 1. The minimum Gasteiger partial charge on any atom is -0.399 e. The van der Waals surface area contributed by atoms with Crippen LogP contribution in [0.5, 0.6) is 0 Å². The van der Waals surface area contributed by atoms with Gasteiger partial charge in [0.25, 0.3) is 5.91 Å². The maximum absolute atomic E-state index is 11.2.